The average Bonchev–Trinajstić information content (AvgIpc) is 2.19. The van der Waals surface area contributed by atoms with E-state index in [0.29, 0.717) is 0 Å². The molecule has 0 heterocycles. The van der Waals surface area contributed by atoms with Gasteiger partial charge in [-0.3, -0.25) is 0 Å². The zero-order valence-corrected chi connectivity index (χ0v) is 8.03. The summed E-state index contributed by atoms with van der Waals surface area (Å²) >= 11 is 0. The molecule has 1 unspecified atom stereocenters. The molecule has 1 atom stereocenters. The van der Waals surface area contributed by atoms with Crippen molar-refractivity contribution in [1.82, 2.24) is 0 Å². The third-order valence-corrected chi connectivity index (χ3v) is 2.17. The summed E-state index contributed by atoms with van der Waals surface area (Å²) in [4.78, 5) is 0. The molecule has 0 amide bonds. The largest absolute Gasteiger partial charge is 0.198 e. The van der Waals surface area contributed by atoms with Crippen LogP contribution in [-0.2, 0) is 6.42 Å². The van der Waals surface area contributed by atoms with Crippen molar-refractivity contribution in [3.05, 3.63) is 35.9 Å². The third kappa shape index (κ3) is 3.75. The van der Waals surface area contributed by atoms with Gasteiger partial charge in [-0.2, -0.15) is 5.26 Å². The molecular formula is C12H15N. The summed E-state index contributed by atoms with van der Waals surface area (Å²) in [7, 11) is 0. The summed E-state index contributed by atoms with van der Waals surface area (Å²) in [5.41, 5.74) is 1.37. The van der Waals surface area contributed by atoms with Gasteiger partial charge in [-0.15, -0.1) is 0 Å². The maximum Gasteiger partial charge on any atom is 0.0652 e. The number of hydrogen-bond donors (Lipinski definition) is 0. The Kier molecular flexibility index (Phi) is 4.05. The van der Waals surface area contributed by atoms with Crippen molar-refractivity contribution in [2.75, 3.05) is 0 Å². The number of nitriles is 1. The molecule has 0 fully saturated rings. The Labute approximate surface area is 80.0 Å². The van der Waals surface area contributed by atoms with Crippen LogP contribution in [0.2, 0.25) is 0 Å². The van der Waals surface area contributed by atoms with Gasteiger partial charge in [0.05, 0.1) is 6.07 Å². The Hall–Kier alpha value is -1.29. The van der Waals surface area contributed by atoms with Gasteiger partial charge in [-0.05, 0) is 31.7 Å². The summed E-state index contributed by atoms with van der Waals surface area (Å²) in [6.07, 6.45) is 3.21. The monoisotopic (exact) mass is 173 g/mol. The molecule has 1 nitrogen and oxygen atoms in total. The Morgan fingerprint density at radius 2 is 2.00 bits per heavy atom. The Morgan fingerprint density at radius 1 is 1.31 bits per heavy atom. The molecule has 0 N–H and O–H groups in total. The third-order valence-electron chi connectivity index (χ3n) is 2.17. The molecule has 68 valence electrons. The van der Waals surface area contributed by atoms with Gasteiger partial charge in [0, 0.05) is 5.92 Å². The number of aryl methyl sites for hydroxylation is 1. The van der Waals surface area contributed by atoms with Crippen molar-refractivity contribution < 1.29 is 0 Å². The normalized spacial score (nSPS) is 12.0. The van der Waals surface area contributed by atoms with E-state index in [-0.39, 0.29) is 5.92 Å². The summed E-state index contributed by atoms with van der Waals surface area (Å²) < 4.78 is 0. The molecule has 0 aliphatic rings. The molecule has 0 radical (unpaired) electrons. The van der Waals surface area contributed by atoms with Crippen LogP contribution in [0, 0.1) is 17.2 Å². The fourth-order valence-electron chi connectivity index (χ4n) is 1.32. The zero-order valence-electron chi connectivity index (χ0n) is 8.03. The van der Waals surface area contributed by atoms with Gasteiger partial charge in [0.25, 0.3) is 0 Å². The minimum atomic E-state index is 0.198. The standard InChI is InChI=1S/C12H15N/c1-11(10-13)6-5-9-12-7-3-2-4-8-12/h2-4,7-8,11H,5-6,9H2,1H3. The molecule has 13 heavy (non-hydrogen) atoms. The average molecular weight is 173 g/mol. The van der Waals surface area contributed by atoms with E-state index in [2.05, 4.69) is 30.3 Å². The van der Waals surface area contributed by atoms with Crippen LogP contribution in [-0.4, -0.2) is 0 Å². The molecular weight excluding hydrogens is 158 g/mol. The summed E-state index contributed by atoms with van der Waals surface area (Å²) in [5.74, 6) is 0.198. The lowest BCUT2D eigenvalue weighted by molar-refractivity contribution is 0.617. The second-order valence-corrected chi connectivity index (χ2v) is 3.41. The van der Waals surface area contributed by atoms with Crippen LogP contribution in [0.4, 0.5) is 0 Å². The van der Waals surface area contributed by atoms with Crippen LogP contribution in [0.15, 0.2) is 30.3 Å². The van der Waals surface area contributed by atoms with E-state index in [1.165, 1.54) is 5.56 Å². The maximum atomic E-state index is 8.58. The van der Waals surface area contributed by atoms with E-state index in [0.717, 1.165) is 19.3 Å². The van der Waals surface area contributed by atoms with E-state index in [4.69, 9.17) is 5.26 Å². The molecule has 1 heteroatoms. The molecule has 1 aromatic rings. The second-order valence-electron chi connectivity index (χ2n) is 3.41. The van der Waals surface area contributed by atoms with E-state index in [1.807, 2.05) is 13.0 Å². The maximum absolute atomic E-state index is 8.58. The topological polar surface area (TPSA) is 23.8 Å². The van der Waals surface area contributed by atoms with Crippen LogP contribution < -0.4 is 0 Å². The number of hydrogen-bond acceptors (Lipinski definition) is 1. The van der Waals surface area contributed by atoms with Crippen molar-refractivity contribution in [3.8, 4) is 6.07 Å². The fraction of sp³-hybridized carbons (Fsp3) is 0.417. The molecule has 0 spiro atoms. The first-order valence-corrected chi connectivity index (χ1v) is 4.76. The van der Waals surface area contributed by atoms with Gasteiger partial charge in [-0.25, -0.2) is 0 Å². The quantitative estimate of drug-likeness (QED) is 0.686. The summed E-state index contributed by atoms with van der Waals surface area (Å²) in [6.45, 7) is 1.98. The second kappa shape index (κ2) is 5.37. The van der Waals surface area contributed by atoms with Crippen LogP contribution in [0.1, 0.15) is 25.3 Å². The zero-order chi connectivity index (χ0) is 9.52. The van der Waals surface area contributed by atoms with E-state index in [1.54, 1.807) is 0 Å². The van der Waals surface area contributed by atoms with Crippen molar-refractivity contribution >= 4 is 0 Å². The molecule has 0 saturated heterocycles. The Morgan fingerprint density at radius 3 is 2.62 bits per heavy atom. The fourth-order valence-corrected chi connectivity index (χ4v) is 1.32. The molecule has 0 aliphatic heterocycles. The predicted molar refractivity (Wildman–Crippen MR) is 54.2 cm³/mol. The van der Waals surface area contributed by atoms with Crippen molar-refractivity contribution in [3.63, 3.8) is 0 Å². The lowest BCUT2D eigenvalue weighted by Crippen LogP contribution is -1.92. The molecule has 1 rings (SSSR count). The van der Waals surface area contributed by atoms with Gasteiger partial charge in [0.2, 0.25) is 0 Å². The first-order valence-electron chi connectivity index (χ1n) is 4.76. The van der Waals surface area contributed by atoms with E-state index in [9.17, 15) is 0 Å². The molecule has 1 aromatic carbocycles. The van der Waals surface area contributed by atoms with Gasteiger partial charge < -0.3 is 0 Å². The van der Waals surface area contributed by atoms with Gasteiger partial charge in [-0.1, -0.05) is 30.3 Å². The first kappa shape index (κ1) is 9.80. The van der Waals surface area contributed by atoms with Crippen LogP contribution in [0.25, 0.3) is 0 Å². The number of rotatable bonds is 4. The van der Waals surface area contributed by atoms with Gasteiger partial charge >= 0.3 is 0 Å². The Bertz CT molecular complexity index is 271. The van der Waals surface area contributed by atoms with Crippen LogP contribution in [0.3, 0.4) is 0 Å². The SMILES string of the molecule is CC(C#N)CCCc1ccccc1. The minimum Gasteiger partial charge on any atom is -0.198 e. The molecule has 0 aromatic heterocycles. The highest BCUT2D eigenvalue weighted by atomic mass is 14.3. The molecule has 0 aliphatic carbocycles. The van der Waals surface area contributed by atoms with Crippen LogP contribution >= 0.6 is 0 Å². The molecule has 0 saturated carbocycles. The van der Waals surface area contributed by atoms with Gasteiger partial charge in [0.1, 0.15) is 0 Å². The number of benzene rings is 1. The highest BCUT2D eigenvalue weighted by molar-refractivity contribution is 5.14. The Balaban J connectivity index is 2.25. The summed E-state index contributed by atoms with van der Waals surface area (Å²) in [6, 6.07) is 12.7. The smallest absolute Gasteiger partial charge is 0.0652 e. The van der Waals surface area contributed by atoms with Crippen molar-refractivity contribution in [2.24, 2.45) is 5.92 Å². The van der Waals surface area contributed by atoms with Gasteiger partial charge in [0.15, 0.2) is 0 Å². The first-order chi connectivity index (χ1) is 6.33. The molecule has 0 bridgehead atoms. The highest BCUT2D eigenvalue weighted by Gasteiger charge is 1.98. The lowest BCUT2D eigenvalue weighted by atomic mass is 10.0. The predicted octanol–water partition coefficient (Wildman–Crippen LogP) is 3.17. The van der Waals surface area contributed by atoms with Crippen molar-refractivity contribution in [2.45, 2.75) is 26.2 Å². The lowest BCUT2D eigenvalue weighted by Gasteiger charge is -2.02. The van der Waals surface area contributed by atoms with E-state index < -0.39 is 0 Å². The van der Waals surface area contributed by atoms with Crippen LogP contribution in [0.5, 0.6) is 0 Å². The van der Waals surface area contributed by atoms with Crippen molar-refractivity contribution in [1.29, 1.82) is 5.26 Å². The van der Waals surface area contributed by atoms with E-state index >= 15 is 0 Å². The highest BCUT2D eigenvalue weighted by Crippen LogP contribution is 2.09. The minimum absolute atomic E-state index is 0.198. The number of nitrogens with zero attached hydrogens (tertiary/aromatic N) is 1. The summed E-state index contributed by atoms with van der Waals surface area (Å²) in [5, 5.41) is 8.58.